The summed E-state index contributed by atoms with van der Waals surface area (Å²) in [7, 11) is 0. The molecule has 1 aromatic rings. The van der Waals surface area contributed by atoms with Gasteiger partial charge < -0.3 is 10.4 Å². The highest BCUT2D eigenvalue weighted by Crippen LogP contribution is 2.41. The molecule has 0 amide bonds. The van der Waals surface area contributed by atoms with Gasteiger partial charge >= 0.3 is 0 Å². The summed E-state index contributed by atoms with van der Waals surface area (Å²) in [6, 6.07) is 8.63. The molecular formula is C15H21NO. The van der Waals surface area contributed by atoms with Crippen molar-refractivity contribution in [2.24, 2.45) is 0 Å². The van der Waals surface area contributed by atoms with E-state index in [0.717, 1.165) is 25.8 Å². The molecule has 1 fully saturated rings. The van der Waals surface area contributed by atoms with E-state index in [-0.39, 0.29) is 6.04 Å². The molecule has 2 atom stereocenters. The average molecular weight is 231 g/mol. The fourth-order valence-corrected chi connectivity index (χ4v) is 3.42. The SMILES string of the molecule is OC1(C2CCCCCN2)CCc2ccccc21. The minimum atomic E-state index is -0.624. The smallest absolute Gasteiger partial charge is 0.105 e. The van der Waals surface area contributed by atoms with Gasteiger partial charge in [0.25, 0.3) is 0 Å². The molecule has 2 heteroatoms. The number of benzene rings is 1. The molecule has 0 saturated carbocycles. The number of fused-ring (bicyclic) bond motifs is 1. The van der Waals surface area contributed by atoms with Crippen LogP contribution in [0.25, 0.3) is 0 Å². The van der Waals surface area contributed by atoms with Crippen molar-refractivity contribution in [3.63, 3.8) is 0 Å². The molecule has 17 heavy (non-hydrogen) atoms. The Morgan fingerprint density at radius 1 is 1.18 bits per heavy atom. The van der Waals surface area contributed by atoms with Crippen LogP contribution in [0.5, 0.6) is 0 Å². The van der Waals surface area contributed by atoms with E-state index in [0.29, 0.717) is 0 Å². The molecule has 0 aromatic heterocycles. The molecule has 1 heterocycles. The molecule has 1 aliphatic heterocycles. The maximum Gasteiger partial charge on any atom is 0.105 e. The van der Waals surface area contributed by atoms with Gasteiger partial charge in [-0.2, -0.15) is 0 Å². The van der Waals surface area contributed by atoms with E-state index in [4.69, 9.17) is 0 Å². The van der Waals surface area contributed by atoms with Crippen molar-refractivity contribution in [2.45, 2.75) is 50.2 Å². The van der Waals surface area contributed by atoms with Gasteiger partial charge in [-0.3, -0.25) is 0 Å². The van der Waals surface area contributed by atoms with Crippen molar-refractivity contribution in [1.82, 2.24) is 5.32 Å². The first-order valence-corrected chi connectivity index (χ1v) is 6.85. The molecule has 3 rings (SSSR count). The molecular weight excluding hydrogens is 210 g/mol. The number of rotatable bonds is 1. The quantitative estimate of drug-likeness (QED) is 0.777. The van der Waals surface area contributed by atoms with Crippen molar-refractivity contribution in [2.75, 3.05) is 6.54 Å². The molecule has 2 unspecified atom stereocenters. The Morgan fingerprint density at radius 3 is 3.00 bits per heavy atom. The van der Waals surface area contributed by atoms with Gasteiger partial charge in [0.1, 0.15) is 5.60 Å². The third-order valence-electron chi connectivity index (χ3n) is 4.40. The molecule has 0 spiro atoms. The minimum Gasteiger partial charge on any atom is -0.384 e. The lowest BCUT2D eigenvalue weighted by Gasteiger charge is -2.33. The zero-order valence-corrected chi connectivity index (χ0v) is 10.3. The van der Waals surface area contributed by atoms with Gasteiger partial charge in [-0.15, -0.1) is 0 Å². The zero-order valence-electron chi connectivity index (χ0n) is 10.3. The zero-order chi connectivity index (χ0) is 11.7. The molecule has 92 valence electrons. The highest BCUT2D eigenvalue weighted by atomic mass is 16.3. The van der Waals surface area contributed by atoms with Crippen LogP contribution in [0, 0.1) is 0 Å². The van der Waals surface area contributed by atoms with Crippen LogP contribution in [0.1, 0.15) is 43.2 Å². The van der Waals surface area contributed by atoms with E-state index in [1.807, 2.05) is 6.07 Å². The first-order valence-electron chi connectivity index (χ1n) is 6.85. The van der Waals surface area contributed by atoms with Crippen LogP contribution in [-0.4, -0.2) is 17.7 Å². The highest BCUT2D eigenvalue weighted by Gasteiger charge is 2.43. The van der Waals surface area contributed by atoms with Gasteiger partial charge in [0.2, 0.25) is 0 Å². The van der Waals surface area contributed by atoms with Crippen LogP contribution < -0.4 is 5.32 Å². The Balaban J connectivity index is 1.91. The maximum absolute atomic E-state index is 11.0. The van der Waals surface area contributed by atoms with Gasteiger partial charge in [0, 0.05) is 6.04 Å². The van der Waals surface area contributed by atoms with Crippen LogP contribution in [0.15, 0.2) is 24.3 Å². The lowest BCUT2D eigenvalue weighted by atomic mass is 9.85. The molecule has 2 nitrogen and oxygen atoms in total. The second kappa shape index (κ2) is 4.43. The van der Waals surface area contributed by atoms with Gasteiger partial charge in [0.15, 0.2) is 0 Å². The topological polar surface area (TPSA) is 32.3 Å². The molecule has 1 aromatic carbocycles. The van der Waals surface area contributed by atoms with Crippen molar-refractivity contribution >= 4 is 0 Å². The van der Waals surface area contributed by atoms with Crippen LogP contribution in [-0.2, 0) is 12.0 Å². The number of aliphatic hydroxyl groups is 1. The molecule has 2 N–H and O–H groups in total. The predicted octanol–water partition coefficient (Wildman–Crippen LogP) is 2.35. The molecule has 0 bridgehead atoms. The standard InChI is InChI=1S/C15H21NO/c17-15(14-8-2-1-5-11-16-14)10-9-12-6-3-4-7-13(12)15/h3-4,6-7,14,16-17H,1-2,5,8-11H2. The second-order valence-corrected chi connectivity index (χ2v) is 5.44. The number of nitrogens with one attached hydrogen (secondary N) is 1. The summed E-state index contributed by atoms with van der Waals surface area (Å²) in [4.78, 5) is 0. The summed E-state index contributed by atoms with van der Waals surface area (Å²) in [6.45, 7) is 1.05. The summed E-state index contributed by atoms with van der Waals surface area (Å²) >= 11 is 0. The van der Waals surface area contributed by atoms with Crippen molar-refractivity contribution in [3.05, 3.63) is 35.4 Å². The average Bonchev–Trinajstić information content (AvgIpc) is 2.58. The minimum absolute atomic E-state index is 0.244. The van der Waals surface area contributed by atoms with E-state index in [1.54, 1.807) is 0 Å². The fraction of sp³-hybridized carbons (Fsp3) is 0.600. The summed E-state index contributed by atoms with van der Waals surface area (Å²) < 4.78 is 0. The third-order valence-corrected chi connectivity index (χ3v) is 4.40. The number of hydrogen-bond donors (Lipinski definition) is 2. The van der Waals surface area contributed by atoms with Crippen molar-refractivity contribution in [1.29, 1.82) is 0 Å². The first kappa shape index (κ1) is 11.2. The van der Waals surface area contributed by atoms with Gasteiger partial charge in [-0.1, -0.05) is 37.1 Å². The Hall–Kier alpha value is -0.860. The molecule has 0 radical (unpaired) electrons. The van der Waals surface area contributed by atoms with Crippen molar-refractivity contribution in [3.8, 4) is 0 Å². The van der Waals surface area contributed by atoms with Gasteiger partial charge in [0.05, 0.1) is 0 Å². The summed E-state index contributed by atoms with van der Waals surface area (Å²) in [5, 5.41) is 14.6. The van der Waals surface area contributed by atoms with Gasteiger partial charge in [-0.25, -0.2) is 0 Å². The number of hydrogen-bond acceptors (Lipinski definition) is 2. The van der Waals surface area contributed by atoms with E-state index in [9.17, 15) is 5.11 Å². The molecule has 1 aliphatic carbocycles. The van der Waals surface area contributed by atoms with E-state index < -0.39 is 5.60 Å². The van der Waals surface area contributed by atoms with E-state index >= 15 is 0 Å². The van der Waals surface area contributed by atoms with Crippen LogP contribution in [0.3, 0.4) is 0 Å². The Kier molecular flexibility index (Phi) is 2.93. The normalized spacial score (nSPS) is 33.1. The monoisotopic (exact) mass is 231 g/mol. The lowest BCUT2D eigenvalue weighted by Crippen LogP contribution is -2.46. The highest BCUT2D eigenvalue weighted by molar-refractivity contribution is 5.38. The van der Waals surface area contributed by atoms with Gasteiger partial charge in [-0.05, 0) is 43.4 Å². The first-order chi connectivity index (χ1) is 8.31. The Bertz CT molecular complexity index is 396. The molecule has 2 aliphatic rings. The van der Waals surface area contributed by atoms with Crippen LogP contribution in [0.2, 0.25) is 0 Å². The maximum atomic E-state index is 11.0. The van der Waals surface area contributed by atoms with Crippen LogP contribution >= 0.6 is 0 Å². The summed E-state index contributed by atoms with van der Waals surface area (Å²) in [6.07, 6.45) is 6.78. The lowest BCUT2D eigenvalue weighted by molar-refractivity contribution is -0.00314. The molecule has 1 saturated heterocycles. The Labute approximate surface area is 103 Å². The van der Waals surface area contributed by atoms with Crippen LogP contribution in [0.4, 0.5) is 0 Å². The predicted molar refractivity (Wildman–Crippen MR) is 68.9 cm³/mol. The summed E-state index contributed by atoms with van der Waals surface area (Å²) in [5.74, 6) is 0. The Morgan fingerprint density at radius 2 is 2.06 bits per heavy atom. The van der Waals surface area contributed by atoms with E-state index in [1.165, 1.54) is 30.4 Å². The summed E-state index contributed by atoms with van der Waals surface area (Å²) in [5.41, 5.74) is 1.88. The fourth-order valence-electron chi connectivity index (χ4n) is 3.42. The largest absolute Gasteiger partial charge is 0.384 e. The van der Waals surface area contributed by atoms with Crippen molar-refractivity contribution < 1.29 is 5.11 Å². The van der Waals surface area contributed by atoms with E-state index in [2.05, 4.69) is 23.5 Å². The number of aryl methyl sites for hydroxylation is 1. The third kappa shape index (κ3) is 1.90. The second-order valence-electron chi connectivity index (χ2n) is 5.44.